The van der Waals surface area contributed by atoms with E-state index in [1.54, 1.807) is 60.5 Å². The zero-order valence-electron chi connectivity index (χ0n) is 16.4. The van der Waals surface area contributed by atoms with Gasteiger partial charge in [0.25, 0.3) is 5.91 Å². The predicted molar refractivity (Wildman–Crippen MR) is 109 cm³/mol. The number of nitrogens with one attached hydrogen (secondary N) is 2. The Morgan fingerprint density at radius 1 is 1.04 bits per heavy atom. The Bertz CT molecular complexity index is 771. The Morgan fingerprint density at radius 2 is 1.64 bits per heavy atom. The predicted octanol–water partition coefficient (Wildman–Crippen LogP) is 3.03. The van der Waals surface area contributed by atoms with Crippen LogP contribution in [0.5, 0.6) is 5.75 Å². The Balaban J connectivity index is 1.86. The minimum Gasteiger partial charge on any atom is -0.497 e. The van der Waals surface area contributed by atoms with Gasteiger partial charge in [-0.05, 0) is 55.8 Å². The molecule has 7 heteroatoms. The van der Waals surface area contributed by atoms with Crippen molar-refractivity contribution in [3.05, 3.63) is 59.7 Å². The topological polar surface area (TPSA) is 90.9 Å². The van der Waals surface area contributed by atoms with Crippen LogP contribution in [0, 0.1) is 0 Å². The molecule has 1 atom stereocenters. The van der Waals surface area contributed by atoms with E-state index >= 15 is 0 Å². The van der Waals surface area contributed by atoms with Gasteiger partial charge in [-0.1, -0.05) is 12.1 Å². The Labute approximate surface area is 165 Å². The van der Waals surface area contributed by atoms with Crippen LogP contribution in [0.3, 0.4) is 0 Å². The molecule has 0 aromatic heterocycles. The zero-order valence-corrected chi connectivity index (χ0v) is 16.4. The van der Waals surface area contributed by atoms with E-state index in [0.29, 0.717) is 35.7 Å². The molecular formula is C21H27N3O4. The molecule has 7 nitrogen and oxygen atoms in total. The highest BCUT2D eigenvalue weighted by Crippen LogP contribution is 2.17. The fraction of sp³-hybridized carbons (Fsp3) is 0.333. The van der Waals surface area contributed by atoms with Crippen molar-refractivity contribution in [1.82, 2.24) is 10.2 Å². The minimum atomic E-state index is -0.828. The lowest BCUT2D eigenvalue weighted by Gasteiger charge is -2.18. The fourth-order valence-electron chi connectivity index (χ4n) is 2.70. The van der Waals surface area contributed by atoms with Gasteiger partial charge in [0, 0.05) is 30.9 Å². The lowest BCUT2D eigenvalue weighted by molar-refractivity contribution is 0.0773. The summed E-state index contributed by atoms with van der Waals surface area (Å²) < 4.78 is 5.08. The zero-order chi connectivity index (χ0) is 20.5. The summed E-state index contributed by atoms with van der Waals surface area (Å²) in [5.74, 6) is 0.660. The quantitative estimate of drug-likeness (QED) is 0.651. The van der Waals surface area contributed by atoms with Crippen molar-refractivity contribution in [2.45, 2.75) is 20.0 Å². The average Bonchev–Trinajstić information content (AvgIpc) is 2.73. The minimum absolute atomic E-state index is 0.0383. The molecule has 3 N–H and O–H groups in total. The number of ether oxygens (including phenoxy) is 1. The second-order valence-electron chi connectivity index (χ2n) is 6.18. The number of benzene rings is 2. The van der Waals surface area contributed by atoms with Crippen molar-refractivity contribution in [3.8, 4) is 5.75 Å². The lowest BCUT2D eigenvalue weighted by atomic mass is 10.1. The van der Waals surface area contributed by atoms with E-state index in [0.717, 1.165) is 0 Å². The molecule has 0 spiro atoms. The Kier molecular flexibility index (Phi) is 7.83. The van der Waals surface area contributed by atoms with E-state index in [4.69, 9.17) is 4.74 Å². The first-order valence-electron chi connectivity index (χ1n) is 9.24. The van der Waals surface area contributed by atoms with Gasteiger partial charge in [0.2, 0.25) is 0 Å². The largest absolute Gasteiger partial charge is 0.497 e. The van der Waals surface area contributed by atoms with Crippen LogP contribution in [0.25, 0.3) is 0 Å². The molecule has 2 rings (SSSR count). The van der Waals surface area contributed by atoms with E-state index in [1.807, 2.05) is 13.8 Å². The van der Waals surface area contributed by atoms with Crippen molar-refractivity contribution >= 4 is 17.6 Å². The van der Waals surface area contributed by atoms with E-state index in [-0.39, 0.29) is 12.5 Å². The van der Waals surface area contributed by atoms with E-state index in [9.17, 15) is 14.7 Å². The number of carbonyl (C=O) groups excluding carboxylic acids is 2. The monoisotopic (exact) mass is 385 g/mol. The number of aliphatic hydroxyl groups excluding tert-OH is 1. The average molecular weight is 385 g/mol. The number of hydrogen-bond acceptors (Lipinski definition) is 4. The normalized spacial score (nSPS) is 11.4. The van der Waals surface area contributed by atoms with Crippen LogP contribution in [0.1, 0.15) is 35.9 Å². The van der Waals surface area contributed by atoms with Gasteiger partial charge < -0.3 is 25.4 Å². The van der Waals surface area contributed by atoms with Crippen molar-refractivity contribution in [2.24, 2.45) is 0 Å². The summed E-state index contributed by atoms with van der Waals surface area (Å²) in [5, 5.41) is 15.5. The fourth-order valence-corrected chi connectivity index (χ4v) is 2.70. The molecule has 0 bridgehead atoms. The maximum Gasteiger partial charge on any atom is 0.319 e. The van der Waals surface area contributed by atoms with Gasteiger partial charge in [0.15, 0.2) is 0 Å². The molecule has 0 saturated carbocycles. The van der Waals surface area contributed by atoms with Crippen LogP contribution in [0.4, 0.5) is 10.5 Å². The van der Waals surface area contributed by atoms with Gasteiger partial charge in [0.05, 0.1) is 13.2 Å². The third kappa shape index (κ3) is 5.72. The number of methoxy groups -OCH3 is 1. The number of aliphatic hydroxyl groups is 1. The van der Waals surface area contributed by atoms with Gasteiger partial charge in [-0.25, -0.2) is 4.79 Å². The summed E-state index contributed by atoms with van der Waals surface area (Å²) in [6, 6.07) is 13.3. The lowest BCUT2D eigenvalue weighted by Crippen LogP contribution is -2.32. The first-order valence-corrected chi connectivity index (χ1v) is 9.24. The molecule has 0 radical (unpaired) electrons. The molecular weight excluding hydrogens is 358 g/mol. The van der Waals surface area contributed by atoms with Crippen molar-refractivity contribution in [1.29, 1.82) is 0 Å². The molecule has 0 aliphatic heterocycles. The van der Waals surface area contributed by atoms with Crippen LogP contribution in [-0.2, 0) is 0 Å². The number of hydrogen-bond donors (Lipinski definition) is 3. The molecule has 2 aromatic rings. The Hall–Kier alpha value is -3.06. The maximum atomic E-state index is 12.3. The molecule has 1 unspecified atom stereocenters. The van der Waals surface area contributed by atoms with Crippen LogP contribution < -0.4 is 15.4 Å². The number of amides is 3. The summed E-state index contributed by atoms with van der Waals surface area (Å²) in [7, 11) is 1.57. The first kappa shape index (κ1) is 21.2. The third-order valence-corrected chi connectivity index (χ3v) is 4.40. The summed E-state index contributed by atoms with van der Waals surface area (Å²) >= 11 is 0. The number of rotatable bonds is 8. The molecule has 2 aromatic carbocycles. The number of nitrogens with zero attached hydrogens (tertiary/aromatic N) is 1. The molecule has 28 heavy (non-hydrogen) atoms. The standard InChI is InChI=1S/C21H27N3O4/c1-4-24(5-2)20(26)16-6-10-17(11-7-16)23-21(27)22-14-19(25)15-8-12-18(28-3)13-9-15/h6-13,19,25H,4-5,14H2,1-3H3,(H2,22,23,27). The highest BCUT2D eigenvalue weighted by Gasteiger charge is 2.13. The summed E-state index contributed by atoms with van der Waals surface area (Å²) in [5.41, 5.74) is 1.82. The van der Waals surface area contributed by atoms with Gasteiger partial charge in [0.1, 0.15) is 5.75 Å². The SMILES string of the molecule is CCN(CC)C(=O)c1ccc(NC(=O)NCC(O)c2ccc(OC)cc2)cc1. The van der Waals surface area contributed by atoms with E-state index < -0.39 is 12.1 Å². The Morgan fingerprint density at radius 3 is 2.18 bits per heavy atom. The molecule has 150 valence electrons. The van der Waals surface area contributed by atoms with Crippen molar-refractivity contribution in [3.63, 3.8) is 0 Å². The molecule has 0 aliphatic carbocycles. The second kappa shape index (κ2) is 10.3. The molecule has 0 saturated heterocycles. The highest BCUT2D eigenvalue weighted by atomic mass is 16.5. The van der Waals surface area contributed by atoms with Crippen LogP contribution in [-0.4, -0.2) is 48.7 Å². The summed E-state index contributed by atoms with van der Waals surface area (Å²) in [6.07, 6.45) is -0.828. The van der Waals surface area contributed by atoms with Gasteiger partial charge in [-0.3, -0.25) is 4.79 Å². The third-order valence-electron chi connectivity index (χ3n) is 4.40. The van der Waals surface area contributed by atoms with Gasteiger partial charge >= 0.3 is 6.03 Å². The van der Waals surface area contributed by atoms with Crippen LogP contribution >= 0.6 is 0 Å². The number of carbonyl (C=O) groups is 2. The molecule has 0 fully saturated rings. The number of urea groups is 1. The van der Waals surface area contributed by atoms with Gasteiger partial charge in [-0.2, -0.15) is 0 Å². The van der Waals surface area contributed by atoms with Crippen LogP contribution in [0.15, 0.2) is 48.5 Å². The molecule has 3 amide bonds. The molecule has 0 heterocycles. The van der Waals surface area contributed by atoms with E-state index in [1.165, 1.54) is 0 Å². The second-order valence-corrected chi connectivity index (χ2v) is 6.18. The highest BCUT2D eigenvalue weighted by molar-refractivity contribution is 5.95. The maximum absolute atomic E-state index is 12.3. The van der Waals surface area contributed by atoms with Crippen molar-refractivity contribution in [2.75, 3.05) is 32.1 Å². The number of anilines is 1. The van der Waals surface area contributed by atoms with Crippen molar-refractivity contribution < 1.29 is 19.4 Å². The first-order chi connectivity index (χ1) is 13.5. The summed E-state index contributed by atoms with van der Waals surface area (Å²) in [4.78, 5) is 26.1. The van der Waals surface area contributed by atoms with Crippen LogP contribution in [0.2, 0.25) is 0 Å². The smallest absolute Gasteiger partial charge is 0.319 e. The van der Waals surface area contributed by atoms with Gasteiger partial charge in [-0.15, -0.1) is 0 Å². The molecule has 0 aliphatic rings. The van der Waals surface area contributed by atoms with E-state index in [2.05, 4.69) is 10.6 Å². The summed E-state index contributed by atoms with van der Waals surface area (Å²) in [6.45, 7) is 5.23.